The molecular formula is C27H35NO3. The molecule has 0 saturated carbocycles. The molecule has 1 aromatic carbocycles. The number of amides is 1. The van der Waals surface area contributed by atoms with Crippen molar-refractivity contribution in [3.8, 4) is 5.75 Å². The van der Waals surface area contributed by atoms with Crippen LogP contribution in [0.5, 0.6) is 5.75 Å². The molecule has 0 radical (unpaired) electrons. The number of esters is 1. The van der Waals surface area contributed by atoms with Gasteiger partial charge < -0.3 is 9.64 Å². The topological polar surface area (TPSA) is 46.6 Å². The van der Waals surface area contributed by atoms with Crippen molar-refractivity contribution in [2.75, 3.05) is 0 Å². The Morgan fingerprint density at radius 2 is 1.84 bits per heavy atom. The zero-order valence-corrected chi connectivity index (χ0v) is 19.7. The van der Waals surface area contributed by atoms with Crippen molar-refractivity contribution in [3.05, 3.63) is 47.1 Å². The highest BCUT2D eigenvalue weighted by Gasteiger charge is 2.51. The Morgan fingerprint density at radius 3 is 2.48 bits per heavy atom. The van der Waals surface area contributed by atoms with E-state index in [0.29, 0.717) is 17.6 Å². The fraction of sp³-hybridized carbons (Fsp3) is 0.556. The van der Waals surface area contributed by atoms with Crippen LogP contribution in [0.1, 0.15) is 71.9 Å². The molecule has 0 heterocycles. The number of ether oxygens (including phenoxy) is 1. The van der Waals surface area contributed by atoms with E-state index in [1.165, 1.54) is 23.6 Å². The number of hydrogen-bond acceptors (Lipinski definition) is 3. The van der Waals surface area contributed by atoms with Gasteiger partial charge in [-0.05, 0) is 94.0 Å². The maximum atomic E-state index is 13.6. The van der Waals surface area contributed by atoms with Gasteiger partial charge in [0.05, 0.1) is 0 Å². The van der Waals surface area contributed by atoms with Crippen LogP contribution in [0.4, 0.5) is 0 Å². The SMILES string of the molecule is CC(=O)Oc1ccc2c(c1)CCC1C2=CC[C@]2(C)C(C(=O)N(C(C)C)C(C)C)=CCC12. The predicted octanol–water partition coefficient (Wildman–Crippen LogP) is 5.56. The van der Waals surface area contributed by atoms with Crippen LogP contribution in [0.3, 0.4) is 0 Å². The van der Waals surface area contributed by atoms with E-state index < -0.39 is 0 Å². The van der Waals surface area contributed by atoms with Gasteiger partial charge in [0.1, 0.15) is 5.75 Å². The summed E-state index contributed by atoms with van der Waals surface area (Å²) in [5.74, 6) is 1.50. The van der Waals surface area contributed by atoms with Gasteiger partial charge in [0, 0.05) is 30.0 Å². The highest BCUT2D eigenvalue weighted by Crippen LogP contribution is 2.59. The smallest absolute Gasteiger partial charge is 0.308 e. The molecule has 166 valence electrons. The molecule has 0 aromatic heterocycles. The van der Waals surface area contributed by atoms with Crippen LogP contribution in [0.2, 0.25) is 0 Å². The fourth-order valence-electron chi connectivity index (χ4n) is 6.30. The standard InChI is InChI=1S/C27H35NO3/c1-16(2)28(17(3)4)26(30)25-12-11-24-23-9-7-19-15-20(31-18(5)29)8-10-21(19)22(23)13-14-27(24,25)6/h8,10,12-13,15-17,23-24H,7,9,11,14H2,1-6H3/t23?,24?,27-/m0/s1. The predicted molar refractivity (Wildman–Crippen MR) is 124 cm³/mol. The Balaban J connectivity index is 1.64. The van der Waals surface area contributed by atoms with Crippen molar-refractivity contribution in [2.45, 2.75) is 79.3 Å². The summed E-state index contributed by atoms with van der Waals surface area (Å²) in [6.45, 7) is 12.2. The summed E-state index contributed by atoms with van der Waals surface area (Å²) in [5.41, 5.74) is 4.90. The molecule has 0 spiro atoms. The van der Waals surface area contributed by atoms with E-state index in [2.05, 4.69) is 52.8 Å². The number of carbonyl (C=O) groups excluding carboxylic acids is 2. The molecule has 1 aromatic rings. The molecule has 3 atom stereocenters. The summed E-state index contributed by atoms with van der Waals surface area (Å²) >= 11 is 0. The first-order valence-electron chi connectivity index (χ1n) is 11.7. The van der Waals surface area contributed by atoms with Gasteiger partial charge in [0.25, 0.3) is 0 Å². The van der Waals surface area contributed by atoms with Crippen LogP contribution in [-0.2, 0) is 16.0 Å². The van der Waals surface area contributed by atoms with Gasteiger partial charge in [0.15, 0.2) is 0 Å². The molecule has 0 N–H and O–H groups in total. The van der Waals surface area contributed by atoms with E-state index >= 15 is 0 Å². The number of hydrogen-bond donors (Lipinski definition) is 0. The molecule has 2 unspecified atom stereocenters. The van der Waals surface area contributed by atoms with E-state index in [4.69, 9.17) is 4.74 Å². The summed E-state index contributed by atoms with van der Waals surface area (Å²) in [6, 6.07) is 6.43. The second-order valence-electron chi connectivity index (χ2n) is 10.2. The summed E-state index contributed by atoms with van der Waals surface area (Å²) in [4.78, 5) is 26.9. The van der Waals surface area contributed by atoms with E-state index in [0.717, 1.165) is 31.3 Å². The minimum absolute atomic E-state index is 0.0948. The first kappa shape index (κ1) is 21.9. The molecular weight excluding hydrogens is 386 g/mol. The molecule has 0 bridgehead atoms. The minimum atomic E-state index is -0.285. The number of fused-ring (bicyclic) bond motifs is 5. The van der Waals surface area contributed by atoms with Crippen LogP contribution in [0.15, 0.2) is 35.9 Å². The molecule has 3 aliphatic rings. The van der Waals surface area contributed by atoms with Gasteiger partial charge in [-0.25, -0.2) is 0 Å². The average molecular weight is 422 g/mol. The third-order valence-corrected chi connectivity index (χ3v) is 7.59. The van der Waals surface area contributed by atoms with Crippen molar-refractivity contribution < 1.29 is 14.3 Å². The monoisotopic (exact) mass is 421 g/mol. The first-order valence-corrected chi connectivity index (χ1v) is 11.7. The summed E-state index contributed by atoms with van der Waals surface area (Å²) in [7, 11) is 0. The van der Waals surface area contributed by atoms with Crippen molar-refractivity contribution >= 4 is 17.4 Å². The Morgan fingerprint density at radius 1 is 1.13 bits per heavy atom. The van der Waals surface area contributed by atoms with E-state index in [-0.39, 0.29) is 29.4 Å². The zero-order valence-electron chi connectivity index (χ0n) is 19.7. The number of carbonyl (C=O) groups is 2. The maximum Gasteiger partial charge on any atom is 0.308 e. The average Bonchev–Trinajstić information content (AvgIpc) is 3.03. The molecule has 0 saturated heterocycles. The van der Waals surface area contributed by atoms with E-state index in [1.807, 2.05) is 17.0 Å². The minimum Gasteiger partial charge on any atom is -0.427 e. The van der Waals surface area contributed by atoms with Crippen LogP contribution in [0.25, 0.3) is 5.57 Å². The number of rotatable bonds is 4. The molecule has 31 heavy (non-hydrogen) atoms. The van der Waals surface area contributed by atoms with Crippen LogP contribution in [-0.4, -0.2) is 28.9 Å². The van der Waals surface area contributed by atoms with Crippen LogP contribution in [0, 0.1) is 17.3 Å². The molecule has 4 nitrogen and oxygen atoms in total. The Hall–Kier alpha value is -2.36. The summed E-state index contributed by atoms with van der Waals surface area (Å²) in [5, 5.41) is 0. The van der Waals surface area contributed by atoms with Crippen molar-refractivity contribution in [2.24, 2.45) is 17.3 Å². The van der Waals surface area contributed by atoms with Gasteiger partial charge in [-0.2, -0.15) is 0 Å². The third-order valence-electron chi connectivity index (χ3n) is 7.59. The Kier molecular flexibility index (Phi) is 5.61. The molecule has 4 heteroatoms. The third kappa shape index (κ3) is 3.64. The maximum absolute atomic E-state index is 13.6. The quantitative estimate of drug-likeness (QED) is 0.472. The van der Waals surface area contributed by atoms with Crippen LogP contribution < -0.4 is 4.74 Å². The fourth-order valence-corrected chi connectivity index (χ4v) is 6.30. The second kappa shape index (κ2) is 7.96. The Labute approximate surface area is 186 Å². The summed E-state index contributed by atoms with van der Waals surface area (Å²) in [6.07, 6.45) is 8.55. The van der Waals surface area contributed by atoms with Crippen molar-refractivity contribution in [3.63, 3.8) is 0 Å². The Bertz CT molecular complexity index is 963. The van der Waals surface area contributed by atoms with Crippen molar-refractivity contribution in [1.82, 2.24) is 4.90 Å². The first-order chi connectivity index (χ1) is 14.6. The molecule has 0 fully saturated rings. The van der Waals surface area contributed by atoms with E-state index in [1.54, 1.807) is 0 Å². The lowest BCUT2D eigenvalue weighted by Crippen LogP contribution is -2.46. The van der Waals surface area contributed by atoms with Gasteiger partial charge in [-0.1, -0.05) is 25.1 Å². The number of allylic oxidation sites excluding steroid dienone is 3. The molecule has 3 aliphatic carbocycles. The van der Waals surface area contributed by atoms with Gasteiger partial charge >= 0.3 is 5.97 Å². The summed E-state index contributed by atoms with van der Waals surface area (Å²) < 4.78 is 5.29. The number of aryl methyl sites for hydroxylation is 1. The highest BCUT2D eigenvalue weighted by molar-refractivity contribution is 5.96. The largest absolute Gasteiger partial charge is 0.427 e. The lowest BCUT2D eigenvalue weighted by Gasteiger charge is -2.46. The van der Waals surface area contributed by atoms with E-state index in [9.17, 15) is 9.59 Å². The van der Waals surface area contributed by atoms with Gasteiger partial charge in [-0.3, -0.25) is 9.59 Å². The normalized spacial score (nSPS) is 26.6. The lowest BCUT2D eigenvalue weighted by atomic mass is 9.58. The highest BCUT2D eigenvalue weighted by atomic mass is 16.5. The number of benzene rings is 1. The second-order valence-corrected chi connectivity index (χ2v) is 10.2. The van der Waals surface area contributed by atoms with Gasteiger partial charge in [0.2, 0.25) is 5.91 Å². The lowest BCUT2D eigenvalue weighted by molar-refractivity contribution is -0.132. The number of nitrogens with zero attached hydrogens (tertiary/aromatic N) is 1. The van der Waals surface area contributed by atoms with Crippen LogP contribution >= 0.6 is 0 Å². The molecule has 1 amide bonds. The zero-order chi connectivity index (χ0) is 22.5. The molecule has 0 aliphatic heterocycles. The van der Waals surface area contributed by atoms with Gasteiger partial charge in [-0.15, -0.1) is 0 Å². The molecule has 4 rings (SSSR count). The van der Waals surface area contributed by atoms with Crippen molar-refractivity contribution in [1.29, 1.82) is 0 Å².